The van der Waals surface area contributed by atoms with Crippen molar-refractivity contribution in [3.8, 4) is 5.69 Å². The summed E-state index contributed by atoms with van der Waals surface area (Å²) >= 11 is 0. The molecule has 0 spiro atoms. The number of rotatable bonds is 3. The molecule has 0 aliphatic rings. The van der Waals surface area contributed by atoms with Gasteiger partial charge in [-0.1, -0.05) is 18.2 Å². The summed E-state index contributed by atoms with van der Waals surface area (Å²) in [6, 6.07) is 12.1. The van der Waals surface area contributed by atoms with E-state index in [0.29, 0.717) is 6.42 Å². The fraction of sp³-hybridized carbons (Fsp3) is 0.231. The van der Waals surface area contributed by atoms with Crippen LogP contribution < -0.4 is 0 Å². The van der Waals surface area contributed by atoms with Gasteiger partial charge in [-0.05, 0) is 30.7 Å². The lowest BCUT2D eigenvalue weighted by Gasteiger charge is -2.11. The summed E-state index contributed by atoms with van der Waals surface area (Å²) in [6.07, 6.45) is 4.41. The minimum atomic E-state index is -0.304. The molecule has 1 aromatic heterocycles. The van der Waals surface area contributed by atoms with Crippen molar-refractivity contribution in [2.24, 2.45) is 0 Å². The van der Waals surface area contributed by atoms with Gasteiger partial charge in [0.2, 0.25) is 0 Å². The van der Waals surface area contributed by atoms with E-state index in [1.807, 2.05) is 43.6 Å². The maximum absolute atomic E-state index is 9.42. The van der Waals surface area contributed by atoms with Crippen LogP contribution in [0.1, 0.15) is 12.5 Å². The van der Waals surface area contributed by atoms with Gasteiger partial charge in [0.25, 0.3) is 0 Å². The van der Waals surface area contributed by atoms with E-state index in [0.717, 1.165) is 5.69 Å². The molecule has 1 N–H and O–H groups in total. The number of nitrogens with zero attached hydrogens (tertiary/aromatic N) is 1. The molecular weight excluding hydrogens is 186 g/mol. The van der Waals surface area contributed by atoms with Crippen LogP contribution in [0, 0.1) is 0 Å². The van der Waals surface area contributed by atoms with Gasteiger partial charge in [0.1, 0.15) is 0 Å². The van der Waals surface area contributed by atoms with E-state index >= 15 is 0 Å². The van der Waals surface area contributed by atoms with Crippen molar-refractivity contribution in [2.45, 2.75) is 19.4 Å². The van der Waals surface area contributed by atoms with Crippen LogP contribution in [0.15, 0.2) is 48.8 Å². The van der Waals surface area contributed by atoms with Crippen LogP contribution in [0.2, 0.25) is 0 Å². The Bertz CT molecular complexity index is 418. The number of aromatic nitrogens is 1. The van der Waals surface area contributed by atoms with Gasteiger partial charge in [0, 0.05) is 24.5 Å². The Kier molecular flexibility index (Phi) is 2.88. The zero-order valence-electron chi connectivity index (χ0n) is 8.80. The molecule has 78 valence electrons. The number of hydrogen-bond acceptors (Lipinski definition) is 1. The number of aliphatic hydroxyl groups is 1. The first-order valence-electron chi connectivity index (χ1n) is 5.16. The minimum Gasteiger partial charge on any atom is -0.393 e. The fourth-order valence-corrected chi connectivity index (χ4v) is 1.75. The summed E-state index contributed by atoms with van der Waals surface area (Å²) in [6.45, 7) is 1.81. The van der Waals surface area contributed by atoms with Crippen molar-refractivity contribution < 1.29 is 5.11 Å². The summed E-state index contributed by atoms with van der Waals surface area (Å²) in [7, 11) is 0. The van der Waals surface area contributed by atoms with Crippen molar-refractivity contribution in [3.05, 3.63) is 54.4 Å². The van der Waals surface area contributed by atoms with Crippen molar-refractivity contribution in [2.75, 3.05) is 0 Å². The van der Waals surface area contributed by atoms with Gasteiger partial charge in [-0.25, -0.2) is 0 Å². The van der Waals surface area contributed by atoms with Gasteiger partial charge in [-0.2, -0.15) is 0 Å². The topological polar surface area (TPSA) is 25.2 Å². The Morgan fingerprint density at radius 3 is 2.47 bits per heavy atom. The Balaban J connectivity index is 2.38. The molecule has 2 heteroatoms. The highest BCUT2D eigenvalue weighted by molar-refractivity contribution is 5.41. The number of para-hydroxylation sites is 1. The third kappa shape index (κ3) is 2.28. The second kappa shape index (κ2) is 4.32. The first kappa shape index (κ1) is 9.99. The summed E-state index contributed by atoms with van der Waals surface area (Å²) in [5.41, 5.74) is 2.31. The summed E-state index contributed by atoms with van der Waals surface area (Å²) < 4.78 is 2.07. The molecule has 2 nitrogen and oxygen atoms in total. The third-order valence-corrected chi connectivity index (χ3v) is 2.39. The smallest absolute Gasteiger partial charge is 0.0553 e. The number of aliphatic hydroxyl groups excluding tert-OH is 1. The second-order valence-corrected chi connectivity index (χ2v) is 3.77. The molecule has 0 saturated heterocycles. The largest absolute Gasteiger partial charge is 0.393 e. The maximum atomic E-state index is 9.42. The highest BCUT2D eigenvalue weighted by atomic mass is 16.3. The van der Waals surface area contributed by atoms with Crippen LogP contribution in [-0.4, -0.2) is 15.8 Å². The Labute approximate surface area is 89.8 Å². The van der Waals surface area contributed by atoms with Crippen LogP contribution in [0.25, 0.3) is 5.69 Å². The summed E-state index contributed by atoms with van der Waals surface area (Å²) in [5, 5.41) is 9.42. The normalized spacial score (nSPS) is 12.7. The molecule has 2 rings (SSSR count). The van der Waals surface area contributed by atoms with Gasteiger partial charge >= 0.3 is 0 Å². The highest BCUT2D eigenvalue weighted by Gasteiger charge is 2.05. The SMILES string of the molecule is CC(O)Cc1ccccc1-n1cccc1. The molecule has 15 heavy (non-hydrogen) atoms. The van der Waals surface area contributed by atoms with Gasteiger partial charge in [-0.3, -0.25) is 0 Å². The first-order valence-corrected chi connectivity index (χ1v) is 5.16. The van der Waals surface area contributed by atoms with Crippen LogP contribution in [0.4, 0.5) is 0 Å². The summed E-state index contributed by atoms with van der Waals surface area (Å²) in [5.74, 6) is 0. The van der Waals surface area contributed by atoms with Crippen molar-refractivity contribution >= 4 is 0 Å². The van der Waals surface area contributed by atoms with Gasteiger partial charge < -0.3 is 9.67 Å². The second-order valence-electron chi connectivity index (χ2n) is 3.77. The van der Waals surface area contributed by atoms with E-state index in [9.17, 15) is 5.11 Å². The molecule has 0 aliphatic heterocycles. The molecule has 0 radical (unpaired) electrons. The highest BCUT2D eigenvalue weighted by Crippen LogP contribution is 2.16. The van der Waals surface area contributed by atoms with Gasteiger partial charge in [0.15, 0.2) is 0 Å². The maximum Gasteiger partial charge on any atom is 0.0553 e. The van der Waals surface area contributed by atoms with Crippen LogP contribution in [0.5, 0.6) is 0 Å². The van der Waals surface area contributed by atoms with E-state index in [1.54, 1.807) is 0 Å². The zero-order valence-corrected chi connectivity index (χ0v) is 8.80. The van der Waals surface area contributed by atoms with Crippen molar-refractivity contribution in [1.82, 2.24) is 4.57 Å². The molecule has 0 aliphatic carbocycles. The van der Waals surface area contributed by atoms with Gasteiger partial charge in [-0.15, -0.1) is 0 Å². The number of hydrogen-bond donors (Lipinski definition) is 1. The molecular formula is C13H15NO. The molecule has 0 amide bonds. The average Bonchev–Trinajstić information content (AvgIpc) is 2.70. The van der Waals surface area contributed by atoms with E-state index in [-0.39, 0.29) is 6.10 Å². The lowest BCUT2D eigenvalue weighted by Crippen LogP contribution is -2.07. The average molecular weight is 201 g/mol. The Morgan fingerprint density at radius 1 is 1.13 bits per heavy atom. The molecule has 1 aromatic carbocycles. The minimum absolute atomic E-state index is 0.304. The van der Waals surface area contributed by atoms with Crippen LogP contribution in [0.3, 0.4) is 0 Å². The van der Waals surface area contributed by atoms with E-state index < -0.39 is 0 Å². The third-order valence-electron chi connectivity index (χ3n) is 2.39. The molecule has 0 fully saturated rings. The predicted octanol–water partition coefficient (Wildman–Crippen LogP) is 2.40. The predicted molar refractivity (Wildman–Crippen MR) is 61.2 cm³/mol. The van der Waals surface area contributed by atoms with Crippen LogP contribution in [-0.2, 0) is 6.42 Å². The number of benzene rings is 1. The van der Waals surface area contributed by atoms with Crippen LogP contribution >= 0.6 is 0 Å². The molecule has 1 heterocycles. The molecule has 0 bridgehead atoms. The quantitative estimate of drug-likeness (QED) is 0.810. The molecule has 1 unspecified atom stereocenters. The molecule has 0 saturated carbocycles. The van der Waals surface area contributed by atoms with E-state index in [4.69, 9.17) is 0 Å². The zero-order chi connectivity index (χ0) is 10.7. The molecule has 2 aromatic rings. The van der Waals surface area contributed by atoms with Crippen molar-refractivity contribution in [1.29, 1.82) is 0 Å². The molecule has 1 atom stereocenters. The summed E-state index contributed by atoms with van der Waals surface area (Å²) in [4.78, 5) is 0. The Morgan fingerprint density at radius 2 is 1.80 bits per heavy atom. The van der Waals surface area contributed by atoms with Crippen molar-refractivity contribution in [3.63, 3.8) is 0 Å². The standard InChI is InChI=1S/C13H15NO/c1-11(15)10-12-6-2-3-7-13(12)14-8-4-5-9-14/h2-9,11,15H,10H2,1H3. The first-order chi connectivity index (χ1) is 7.27. The van der Waals surface area contributed by atoms with Gasteiger partial charge in [0.05, 0.1) is 6.10 Å². The Hall–Kier alpha value is -1.54. The van der Waals surface area contributed by atoms with E-state index in [1.165, 1.54) is 5.56 Å². The fourth-order valence-electron chi connectivity index (χ4n) is 1.75. The lowest BCUT2D eigenvalue weighted by atomic mass is 10.1. The van der Waals surface area contributed by atoms with E-state index in [2.05, 4.69) is 16.7 Å². The monoisotopic (exact) mass is 201 g/mol. The lowest BCUT2D eigenvalue weighted by molar-refractivity contribution is 0.195.